The van der Waals surface area contributed by atoms with Crippen LogP contribution in [0, 0.1) is 0 Å². The molecule has 0 aliphatic rings. The first-order valence-electron chi connectivity index (χ1n) is 11.5. The van der Waals surface area contributed by atoms with Gasteiger partial charge in [0.05, 0.1) is 31.2 Å². The highest BCUT2D eigenvalue weighted by atomic mass is 35.5. The van der Waals surface area contributed by atoms with Crippen LogP contribution in [0.15, 0.2) is 47.1 Å². The summed E-state index contributed by atoms with van der Waals surface area (Å²) in [4.78, 5) is 18.1. The molecule has 0 radical (unpaired) electrons. The largest absolute Gasteiger partial charge is 0.496 e. The van der Waals surface area contributed by atoms with Gasteiger partial charge < -0.3 is 10.5 Å². The molecule has 0 saturated heterocycles. The number of nitrogens with zero attached hydrogens (tertiary/aromatic N) is 5. The number of methoxy groups -OCH3 is 1. The van der Waals surface area contributed by atoms with Crippen molar-refractivity contribution >= 4 is 39.4 Å². The Labute approximate surface area is 227 Å². The number of hydrogen-bond acceptors (Lipinski definition) is 8. The summed E-state index contributed by atoms with van der Waals surface area (Å²) < 4.78 is 49.0. The Morgan fingerprint density at radius 3 is 2.42 bits per heavy atom. The summed E-state index contributed by atoms with van der Waals surface area (Å²) >= 11 is 0. The van der Waals surface area contributed by atoms with E-state index in [1.807, 2.05) is 0 Å². The molecule has 0 fully saturated rings. The zero-order chi connectivity index (χ0) is 27.3. The van der Waals surface area contributed by atoms with Crippen molar-refractivity contribution in [1.29, 1.82) is 0 Å². The third-order valence-electron chi connectivity index (χ3n) is 5.87. The molecule has 1 aromatic heterocycles. The van der Waals surface area contributed by atoms with Crippen molar-refractivity contribution in [1.82, 2.24) is 24.4 Å². The molecule has 2 aromatic carbocycles. The number of benzene rings is 2. The third-order valence-corrected chi connectivity index (χ3v) is 7.92. The topological polar surface area (TPSA) is 133 Å². The maximum absolute atomic E-state index is 14.3. The zero-order valence-electron chi connectivity index (χ0n) is 21.8. The summed E-state index contributed by atoms with van der Waals surface area (Å²) in [5.41, 5.74) is 7.04. The van der Waals surface area contributed by atoms with Crippen molar-refractivity contribution in [2.24, 2.45) is 5.73 Å². The Balaban J connectivity index is 0.00000507. The minimum absolute atomic E-state index is 0. The molecule has 3 rings (SSSR count). The van der Waals surface area contributed by atoms with Crippen LogP contribution in [0.1, 0.15) is 24.2 Å². The molecular weight excluding hydrogens is 539 g/mol. The van der Waals surface area contributed by atoms with E-state index in [2.05, 4.69) is 10.3 Å². The first-order valence-corrected chi connectivity index (χ1v) is 13.0. The fourth-order valence-electron chi connectivity index (χ4n) is 3.88. The van der Waals surface area contributed by atoms with E-state index < -0.39 is 21.8 Å². The number of ether oxygens (including phenoxy) is 1. The zero-order valence-corrected chi connectivity index (χ0v) is 23.5. The Hall–Kier alpha value is -3.10. The SMILES string of the molecule is CCN(CC)S(=O)(=O)c1ccc(OC)c(-c2cc(C(=O)N(C)OC)cc3c2nnn3C/C(F)=C/CN)c1.Cl. The molecule has 1 heterocycles. The number of carbonyl (C=O) groups excluding carboxylic acids is 1. The van der Waals surface area contributed by atoms with Crippen LogP contribution in [0.4, 0.5) is 4.39 Å². The number of allylic oxidation sites excluding steroid dienone is 1. The number of carbonyl (C=O) groups is 1. The van der Waals surface area contributed by atoms with Crippen LogP contribution in [-0.4, -0.2) is 79.6 Å². The van der Waals surface area contributed by atoms with E-state index >= 15 is 0 Å². The molecule has 3 aromatic rings. The summed E-state index contributed by atoms with van der Waals surface area (Å²) in [6.45, 7) is 3.87. The quantitative estimate of drug-likeness (QED) is 0.348. The molecule has 2 N–H and O–H groups in total. The molecule has 208 valence electrons. The number of fused-ring (bicyclic) bond motifs is 1. The summed E-state index contributed by atoms with van der Waals surface area (Å²) in [6.07, 6.45) is 1.21. The van der Waals surface area contributed by atoms with Crippen LogP contribution in [0.3, 0.4) is 0 Å². The predicted octanol–water partition coefficient (Wildman–Crippen LogP) is 3.00. The molecule has 14 heteroatoms. The smallest absolute Gasteiger partial charge is 0.277 e. The first-order chi connectivity index (χ1) is 17.6. The van der Waals surface area contributed by atoms with Gasteiger partial charge in [-0.15, -0.1) is 17.5 Å². The van der Waals surface area contributed by atoms with Crippen LogP contribution >= 0.6 is 12.4 Å². The van der Waals surface area contributed by atoms with Crippen LogP contribution in [-0.2, 0) is 21.4 Å². The minimum atomic E-state index is -3.80. The molecule has 0 saturated carbocycles. The molecule has 0 aliphatic heterocycles. The summed E-state index contributed by atoms with van der Waals surface area (Å²) in [5, 5.41) is 9.33. The number of hydrogen-bond donors (Lipinski definition) is 1. The van der Waals surface area contributed by atoms with E-state index in [0.29, 0.717) is 41.0 Å². The van der Waals surface area contributed by atoms with Crippen LogP contribution in [0.5, 0.6) is 5.75 Å². The predicted molar refractivity (Wildman–Crippen MR) is 144 cm³/mol. The van der Waals surface area contributed by atoms with Gasteiger partial charge in [0, 0.05) is 43.4 Å². The van der Waals surface area contributed by atoms with Gasteiger partial charge in [0.15, 0.2) is 0 Å². The van der Waals surface area contributed by atoms with Crippen molar-refractivity contribution < 1.29 is 27.2 Å². The van der Waals surface area contributed by atoms with Gasteiger partial charge in [0.2, 0.25) is 10.0 Å². The van der Waals surface area contributed by atoms with E-state index in [1.54, 1.807) is 26.0 Å². The Bertz CT molecular complexity index is 1430. The Kier molecular flexibility index (Phi) is 10.7. The summed E-state index contributed by atoms with van der Waals surface area (Å²) in [7, 11) is 0.448. The van der Waals surface area contributed by atoms with Gasteiger partial charge in [-0.2, -0.15) is 4.31 Å². The molecule has 0 atom stereocenters. The standard InChI is InChI=1S/C24H31FN6O5S.ClH/c1-6-30(7-2)37(33,34)18-8-9-22(35-4)19(14-18)20-12-16(24(32)29(3)36-5)13-21-23(20)27-28-31(21)15-17(25)10-11-26;/h8-10,12-14H,6-7,11,15,26H2,1-5H3;1H/b17-10-;. The van der Waals surface area contributed by atoms with E-state index in [-0.39, 0.29) is 36.0 Å². The molecule has 0 spiro atoms. The first kappa shape index (κ1) is 31.1. The van der Waals surface area contributed by atoms with Crippen LogP contribution in [0.25, 0.3) is 22.2 Å². The fourth-order valence-corrected chi connectivity index (χ4v) is 5.37. The number of hydroxylamine groups is 2. The van der Waals surface area contributed by atoms with Crippen molar-refractivity contribution in [3.05, 3.63) is 47.8 Å². The monoisotopic (exact) mass is 570 g/mol. The maximum atomic E-state index is 14.3. The Morgan fingerprint density at radius 2 is 1.84 bits per heavy atom. The van der Waals surface area contributed by atoms with E-state index in [1.165, 1.54) is 54.5 Å². The van der Waals surface area contributed by atoms with Gasteiger partial charge in [-0.1, -0.05) is 19.1 Å². The normalized spacial score (nSPS) is 12.1. The average Bonchev–Trinajstić information content (AvgIpc) is 3.29. The highest BCUT2D eigenvalue weighted by molar-refractivity contribution is 7.89. The van der Waals surface area contributed by atoms with Crippen molar-refractivity contribution in [3.63, 3.8) is 0 Å². The molecule has 0 unspecified atom stereocenters. The van der Waals surface area contributed by atoms with E-state index in [9.17, 15) is 17.6 Å². The highest BCUT2D eigenvalue weighted by Crippen LogP contribution is 2.37. The van der Waals surface area contributed by atoms with Gasteiger partial charge >= 0.3 is 0 Å². The van der Waals surface area contributed by atoms with E-state index in [4.69, 9.17) is 15.3 Å². The third kappa shape index (κ3) is 6.13. The second-order valence-electron chi connectivity index (χ2n) is 7.96. The van der Waals surface area contributed by atoms with Gasteiger partial charge in [0.1, 0.15) is 17.1 Å². The van der Waals surface area contributed by atoms with Gasteiger partial charge in [-0.3, -0.25) is 9.63 Å². The van der Waals surface area contributed by atoms with Crippen molar-refractivity contribution in [3.8, 4) is 16.9 Å². The summed E-state index contributed by atoms with van der Waals surface area (Å²) in [5.74, 6) is -0.651. The lowest BCUT2D eigenvalue weighted by molar-refractivity contribution is -0.0756. The van der Waals surface area contributed by atoms with Gasteiger partial charge in [-0.05, 0) is 36.4 Å². The fraction of sp³-hybridized carbons (Fsp3) is 0.375. The van der Waals surface area contributed by atoms with Gasteiger partial charge in [-0.25, -0.2) is 22.6 Å². The lowest BCUT2D eigenvalue weighted by Crippen LogP contribution is -2.30. The summed E-state index contributed by atoms with van der Waals surface area (Å²) in [6, 6.07) is 7.56. The maximum Gasteiger partial charge on any atom is 0.277 e. The second kappa shape index (κ2) is 13.1. The van der Waals surface area contributed by atoms with Gasteiger partial charge in [0.25, 0.3) is 5.91 Å². The lowest BCUT2D eigenvalue weighted by Gasteiger charge is -2.20. The molecule has 0 bridgehead atoms. The van der Waals surface area contributed by atoms with E-state index in [0.717, 1.165) is 5.06 Å². The number of amides is 1. The number of aromatic nitrogens is 3. The van der Waals surface area contributed by atoms with Crippen LogP contribution < -0.4 is 10.5 Å². The number of nitrogens with two attached hydrogens (primary N) is 1. The molecule has 11 nitrogen and oxygen atoms in total. The Morgan fingerprint density at radius 1 is 1.16 bits per heavy atom. The molecular formula is C24H32ClFN6O5S. The van der Waals surface area contributed by atoms with Crippen LogP contribution in [0.2, 0.25) is 0 Å². The molecule has 0 aliphatic carbocycles. The highest BCUT2D eigenvalue weighted by Gasteiger charge is 2.25. The van der Waals surface area contributed by atoms with Crippen molar-refractivity contribution in [2.75, 3.05) is 40.9 Å². The molecule has 1 amide bonds. The second-order valence-corrected chi connectivity index (χ2v) is 9.90. The number of sulfonamides is 1. The number of rotatable bonds is 11. The molecule has 38 heavy (non-hydrogen) atoms. The lowest BCUT2D eigenvalue weighted by atomic mass is 9.99. The minimum Gasteiger partial charge on any atom is -0.496 e. The number of halogens is 2. The van der Waals surface area contributed by atoms with Crippen molar-refractivity contribution in [2.45, 2.75) is 25.3 Å². The average molecular weight is 571 g/mol.